The number of methoxy groups -OCH3 is 1. The third-order valence-electron chi connectivity index (χ3n) is 8.70. The number of hydrogen-bond donors (Lipinski definition) is 1. The van der Waals surface area contributed by atoms with E-state index in [0.717, 1.165) is 32.1 Å². The van der Waals surface area contributed by atoms with E-state index < -0.39 is 10.8 Å². The normalized spacial score (nSPS) is 41.1. The van der Waals surface area contributed by atoms with Crippen LogP contribution in [0.2, 0.25) is 0 Å². The molecule has 2 saturated carbocycles. The van der Waals surface area contributed by atoms with Crippen molar-refractivity contribution in [2.45, 2.75) is 64.3 Å². The Kier molecular flexibility index (Phi) is 5.34. The average Bonchev–Trinajstić information content (AvgIpc) is 3.32. The number of fused-ring (bicyclic) bond motifs is 5. The fourth-order valence-corrected chi connectivity index (χ4v) is 7.49. The molecule has 0 aromatic heterocycles. The van der Waals surface area contributed by atoms with Crippen molar-refractivity contribution in [3.63, 3.8) is 0 Å². The third-order valence-corrected chi connectivity index (χ3v) is 8.70. The molecule has 0 aromatic rings. The number of rotatable bonds is 5. The van der Waals surface area contributed by atoms with Crippen molar-refractivity contribution in [3.05, 3.63) is 11.6 Å². The summed E-state index contributed by atoms with van der Waals surface area (Å²) in [5, 5.41) is 10.8. The van der Waals surface area contributed by atoms with Gasteiger partial charge in [0, 0.05) is 30.8 Å². The van der Waals surface area contributed by atoms with Crippen LogP contribution in [0, 0.1) is 28.6 Å². The van der Waals surface area contributed by atoms with Crippen LogP contribution in [0.3, 0.4) is 0 Å². The lowest BCUT2D eigenvalue weighted by atomic mass is 9.45. The second kappa shape index (κ2) is 7.53. The Balaban J connectivity index is 1.94. The van der Waals surface area contributed by atoms with Crippen LogP contribution in [0.25, 0.3) is 0 Å². The first-order chi connectivity index (χ1) is 13.9. The zero-order valence-electron chi connectivity index (χ0n) is 17.6. The monoisotopic (exact) mass is 403 g/mol. The molecule has 4 rings (SSSR count). The van der Waals surface area contributed by atoms with Crippen molar-refractivity contribution < 1.29 is 24.2 Å². The summed E-state index contributed by atoms with van der Waals surface area (Å²) >= 11 is 0. The van der Waals surface area contributed by atoms with Gasteiger partial charge < -0.3 is 14.7 Å². The molecule has 1 saturated heterocycles. The van der Waals surface area contributed by atoms with Crippen molar-refractivity contribution in [1.82, 2.24) is 4.90 Å². The van der Waals surface area contributed by atoms with E-state index in [9.17, 15) is 19.5 Å². The number of carbonyl (C=O) groups excluding carboxylic acids is 3. The van der Waals surface area contributed by atoms with Crippen LogP contribution in [0.5, 0.6) is 0 Å². The van der Waals surface area contributed by atoms with Crippen LogP contribution in [-0.2, 0) is 19.1 Å². The topological polar surface area (TPSA) is 83.9 Å². The molecule has 6 nitrogen and oxygen atoms in total. The summed E-state index contributed by atoms with van der Waals surface area (Å²) in [6, 6.07) is -0.144. The van der Waals surface area contributed by atoms with Gasteiger partial charge in [0.15, 0.2) is 0 Å². The van der Waals surface area contributed by atoms with Gasteiger partial charge in [0.25, 0.3) is 0 Å². The summed E-state index contributed by atoms with van der Waals surface area (Å²) < 4.78 is 4.95. The molecule has 0 bridgehead atoms. The van der Waals surface area contributed by atoms with Crippen molar-refractivity contribution >= 4 is 18.2 Å². The number of Topliss-reactive ketones (excluding diaryl/α,β-unsaturated/α-hetero) is 1. The number of esters is 1. The maximum Gasteiger partial charge on any atom is 0.305 e. The fourth-order valence-electron chi connectivity index (χ4n) is 7.49. The van der Waals surface area contributed by atoms with E-state index in [1.165, 1.54) is 12.7 Å². The van der Waals surface area contributed by atoms with Crippen LogP contribution < -0.4 is 0 Å². The molecule has 29 heavy (non-hydrogen) atoms. The van der Waals surface area contributed by atoms with Crippen molar-refractivity contribution in [2.75, 3.05) is 20.3 Å². The lowest BCUT2D eigenvalue weighted by Gasteiger charge is -2.59. The van der Waals surface area contributed by atoms with Gasteiger partial charge in [0.05, 0.1) is 19.1 Å². The summed E-state index contributed by atoms with van der Waals surface area (Å²) in [4.78, 5) is 39.8. The molecule has 6 atom stereocenters. The lowest BCUT2D eigenvalue weighted by Crippen LogP contribution is -2.64. The molecule has 0 spiro atoms. The Bertz CT molecular complexity index is 733. The highest BCUT2D eigenvalue weighted by molar-refractivity contribution is 5.88. The van der Waals surface area contributed by atoms with E-state index >= 15 is 0 Å². The highest BCUT2D eigenvalue weighted by atomic mass is 16.5. The minimum Gasteiger partial charge on any atom is -0.469 e. The molecule has 0 radical (unpaired) electrons. The molecule has 160 valence electrons. The molecule has 1 amide bonds. The number of nitrogens with zero attached hydrogens (tertiary/aromatic N) is 1. The van der Waals surface area contributed by atoms with Gasteiger partial charge in [0.2, 0.25) is 6.41 Å². The number of hydrogen-bond acceptors (Lipinski definition) is 5. The summed E-state index contributed by atoms with van der Waals surface area (Å²) in [6.45, 7) is 2.63. The lowest BCUT2D eigenvalue weighted by molar-refractivity contribution is -0.159. The Morgan fingerprint density at radius 3 is 2.86 bits per heavy atom. The fraction of sp³-hybridized carbons (Fsp3) is 0.783. The first-order valence-corrected chi connectivity index (χ1v) is 11.1. The van der Waals surface area contributed by atoms with Gasteiger partial charge in [-0.2, -0.15) is 0 Å². The Morgan fingerprint density at radius 2 is 2.17 bits per heavy atom. The predicted molar refractivity (Wildman–Crippen MR) is 107 cm³/mol. The summed E-state index contributed by atoms with van der Waals surface area (Å²) in [6.07, 6.45) is 8.55. The number of amides is 1. The molecule has 1 heterocycles. The van der Waals surface area contributed by atoms with Gasteiger partial charge in [-0.3, -0.25) is 14.4 Å². The van der Waals surface area contributed by atoms with Crippen LogP contribution in [0.1, 0.15) is 58.3 Å². The number of ether oxygens (including phenoxy) is 1. The Labute approximate surface area is 172 Å². The molecule has 6 unspecified atom stereocenters. The van der Waals surface area contributed by atoms with Crippen LogP contribution in [-0.4, -0.2) is 54.5 Å². The molecule has 1 N–H and O–H groups in total. The van der Waals surface area contributed by atoms with Gasteiger partial charge in [-0.15, -0.1) is 0 Å². The first-order valence-electron chi connectivity index (χ1n) is 11.1. The zero-order valence-corrected chi connectivity index (χ0v) is 17.6. The Hall–Kier alpha value is -1.69. The molecular weight excluding hydrogens is 370 g/mol. The minimum atomic E-state index is -0.918. The molecule has 0 aromatic carbocycles. The van der Waals surface area contributed by atoms with E-state index in [-0.39, 0.29) is 36.7 Å². The van der Waals surface area contributed by atoms with Gasteiger partial charge in [-0.1, -0.05) is 18.6 Å². The second-order valence-electron chi connectivity index (χ2n) is 9.61. The van der Waals surface area contributed by atoms with E-state index in [1.54, 1.807) is 0 Å². The highest BCUT2D eigenvalue weighted by Gasteiger charge is 2.69. The van der Waals surface area contributed by atoms with Crippen LogP contribution in [0.15, 0.2) is 11.6 Å². The molecule has 6 heteroatoms. The Morgan fingerprint density at radius 1 is 1.38 bits per heavy atom. The summed E-state index contributed by atoms with van der Waals surface area (Å²) in [5.74, 6) is 0.738. The van der Waals surface area contributed by atoms with Crippen molar-refractivity contribution in [3.8, 4) is 0 Å². The smallest absolute Gasteiger partial charge is 0.305 e. The van der Waals surface area contributed by atoms with Gasteiger partial charge in [-0.05, 0) is 56.3 Å². The number of carbonyl (C=O) groups is 3. The predicted octanol–water partition coefficient (Wildman–Crippen LogP) is 2.49. The van der Waals surface area contributed by atoms with E-state index in [0.29, 0.717) is 37.6 Å². The number of allylic oxidation sites excluding steroid dienone is 1. The standard InChI is InChI=1S/C23H33NO5/c1-15-12-24(14-26)21-17(15)8-10-22(13-25)19(27)7-6-16-4-3-5-18(16)23(21,22)11-9-20(28)29-2/h5,14-17,21,25H,3-4,6-13H2,1-2H3. The third kappa shape index (κ3) is 2.74. The zero-order chi connectivity index (χ0) is 20.8. The van der Waals surface area contributed by atoms with Gasteiger partial charge >= 0.3 is 5.97 Å². The van der Waals surface area contributed by atoms with Crippen LogP contribution >= 0.6 is 0 Å². The largest absolute Gasteiger partial charge is 0.469 e. The molecule has 3 fully saturated rings. The quantitative estimate of drug-likeness (QED) is 0.433. The maximum atomic E-state index is 13.6. The molecule has 4 aliphatic rings. The SMILES string of the molecule is COC(=O)CCC12C3=CCCC3CCC(=O)C1(CO)CCC1C(C)CN(C=O)C12. The molecular formula is C23H33NO5. The second-order valence-corrected chi connectivity index (χ2v) is 9.61. The van der Waals surface area contributed by atoms with Crippen LogP contribution in [0.4, 0.5) is 0 Å². The number of ketones is 1. The van der Waals surface area contributed by atoms with Crippen molar-refractivity contribution in [2.24, 2.45) is 28.6 Å². The number of aliphatic hydroxyl groups excluding tert-OH is 1. The summed E-state index contributed by atoms with van der Waals surface area (Å²) in [7, 11) is 1.38. The van der Waals surface area contributed by atoms with E-state index in [2.05, 4.69) is 13.0 Å². The summed E-state index contributed by atoms with van der Waals surface area (Å²) in [5.41, 5.74) is -0.366. The van der Waals surface area contributed by atoms with E-state index in [1.807, 2.05) is 4.90 Å². The maximum absolute atomic E-state index is 13.6. The number of likely N-dealkylation sites (tertiary alicyclic amines) is 1. The highest BCUT2D eigenvalue weighted by Crippen LogP contribution is 2.67. The molecule has 1 aliphatic heterocycles. The van der Waals surface area contributed by atoms with E-state index in [4.69, 9.17) is 4.74 Å². The van der Waals surface area contributed by atoms with Crippen molar-refractivity contribution in [1.29, 1.82) is 0 Å². The first kappa shape index (κ1) is 20.6. The van der Waals surface area contributed by atoms with Gasteiger partial charge in [-0.25, -0.2) is 0 Å². The van der Waals surface area contributed by atoms with Gasteiger partial charge in [0.1, 0.15) is 5.78 Å². The minimum absolute atomic E-state index is 0.115. The number of aliphatic hydroxyl groups is 1. The molecule has 3 aliphatic carbocycles. The average molecular weight is 404 g/mol.